The zero-order valence-electron chi connectivity index (χ0n) is 12.3. The summed E-state index contributed by atoms with van der Waals surface area (Å²) in [4.78, 5) is 25.5. The van der Waals surface area contributed by atoms with Crippen LogP contribution in [-0.4, -0.2) is 11.9 Å². The van der Waals surface area contributed by atoms with Crippen LogP contribution in [-0.2, 0) is 26.2 Å². The second kappa shape index (κ2) is 3.85. The fourth-order valence-electron chi connectivity index (χ4n) is 4.96. The molecular formula is C18H18O3. The molecule has 1 saturated heterocycles. The largest absolute Gasteiger partial charge is 0.392 e. The third-order valence-corrected chi connectivity index (χ3v) is 5.95. The first-order chi connectivity index (χ1) is 10.0. The summed E-state index contributed by atoms with van der Waals surface area (Å²) in [5, 5.41) is 0. The minimum absolute atomic E-state index is 0.0148. The second-order valence-corrected chi connectivity index (χ2v) is 6.58. The van der Waals surface area contributed by atoms with Gasteiger partial charge in [0.25, 0.3) is 0 Å². The number of allylic oxidation sites excluding steroid dienone is 2. The normalized spacial score (nSPS) is 40.3. The lowest BCUT2D eigenvalue weighted by molar-refractivity contribution is -0.156. The molecule has 0 amide bonds. The van der Waals surface area contributed by atoms with E-state index in [2.05, 4.69) is 18.2 Å². The lowest BCUT2D eigenvalue weighted by Crippen LogP contribution is -2.59. The van der Waals surface area contributed by atoms with E-state index in [4.69, 9.17) is 4.74 Å². The van der Waals surface area contributed by atoms with Crippen molar-refractivity contribution in [3.8, 4) is 0 Å². The highest BCUT2D eigenvalue weighted by atomic mass is 16.6. The summed E-state index contributed by atoms with van der Waals surface area (Å²) in [6, 6.07) is 8.03. The molecule has 2 aliphatic carbocycles. The van der Waals surface area contributed by atoms with Crippen LogP contribution in [0.2, 0.25) is 0 Å². The van der Waals surface area contributed by atoms with Crippen LogP contribution in [0.3, 0.4) is 0 Å². The number of fused-ring (bicyclic) bond motifs is 1. The van der Waals surface area contributed by atoms with Crippen molar-refractivity contribution < 1.29 is 14.3 Å². The number of carbonyl (C=O) groups is 2. The van der Waals surface area contributed by atoms with Crippen molar-refractivity contribution in [3.63, 3.8) is 0 Å². The highest BCUT2D eigenvalue weighted by molar-refractivity contribution is 6.07. The highest BCUT2D eigenvalue weighted by Crippen LogP contribution is 2.64. The van der Waals surface area contributed by atoms with Gasteiger partial charge in [0.1, 0.15) is 5.41 Å². The van der Waals surface area contributed by atoms with Gasteiger partial charge in [-0.2, -0.15) is 0 Å². The van der Waals surface area contributed by atoms with Crippen molar-refractivity contribution in [3.05, 3.63) is 47.5 Å². The number of rotatable bonds is 0. The zero-order valence-corrected chi connectivity index (χ0v) is 12.3. The van der Waals surface area contributed by atoms with Gasteiger partial charge in [-0.25, -0.2) is 0 Å². The molecule has 0 N–H and O–H groups in total. The lowest BCUT2D eigenvalue weighted by Gasteiger charge is -2.52. The standard InChI is InChI=1S/C18H18O3/c1-11-7-8-12(2)18-14-6-4-3-5-13(14)9-10-17(11,18)15(19)21-16(18)20/h3-8,11-12H,9-10H2,1-2H3/t11-,12+,17+,18-/m1/s1. The number of hydrogen-bond donors (Lipinski definition) is 0. The van der Waals surface area contributed by atoms with E-state index in [9.17, 15) is 9.59 Å². The van der Waals surface area contributed by atoms with Crippen molar-refractivity contribution in [1.82, 2.24) is 0 Å². The molecule has 1 heterocycles. The van der Waals surface area contributed by atoms with Crippen molar-refractivity contribution in [2.45, 2.75) is 32.1 Å². The zero-order chi connectivity index (χ0) is 14.8. The van der Waals surface area contributed by atoms with Crippen molar-refractivity contribution in [2.75, 3.05) is 0 Å². The van der Waals surface area contributed by atoms with Gasteiger partial charge in [-0.3, -0.25) is 9.59 Å². The molecule has 3 heteroatoms. The van der Waals surface area contributed by atoms with Gasteiger partial charge >= 0.3 is 11.9 Å². The molecule has 3 nitrogen and oxygen atoms in total. The van der Waals surface area contributed by atoms with E-state index < -0.39 is 10.8 Å². The predicted molar refractivity (Wildman–Crippen MR) is 77.4 cm³/mol. The molecule has 1 aromatic rings. The smallest absolute Gasteiger partial charge is 0.326 e. The van der Waals surface area contributed by atoms with Gasteiger partial charge in [-0.05, 0) is 35.8 Å². The quantitative estimate of drug-likeness (QED) is 0.417. The van der Waals surface area contributed by atoms with Crippen LogP contribution in [0.4, 0.5) is 0 Å². The molecule has 1 aliphatic heterocycles. The molecule has 1 fully saturated rings. The molecule has 0 aromatic heterocycles. The second-order valence-electron chi connectivity index (χ2n) is 6.58. The first-order valence-corrected chi connectivity index (χ1v) is 7.58. The minimum Gasteiger partial charge on any atom is -0.392 e. The van der Waals surface area contributed by atoms with Gasteiger partial charge in [-0.1, -0.05) is 50.3 Å². The van der Waals surface area contributed by atoms with E-state index in [0.29, 0.717) is 6.42 Å². The number of cyclic esters (lactones) is 2. The number of ether oxygens (including phenoxy) is 1. The SMILES string of the molecule is C[C@@H]1C=C[C@H](C)[C@@]23C(=O)OC(=O)[C@]12CCc1ccccc13. The Morgan fingerprint density at radius 3 is 2.57 bits per heavy atom. The van der Waals surface area contributed by atoms with E-state index in [1.807, 2.05) is 32.0 Å². The molecule has 4 atom stereocenters. The monoisotopic (exact) mass is 282 g/mol. The summed E-state index contributed by atoms with van der Waals surface area (Å²) in [6.45, 7) is 4.06. The molecule has 3 aliphatic rings. The maximum absolute atomic E-state index is 12.8. The lowest BCUT2D eigenvalue weighted by atomic mass is 9.45. The first-order valence-electron chi connectivity index (χ1n) is 7.58. The van der Waals surface area contributed by atoms with Crippen molar-refractivity contribution in [1.29, 1.82) is 0 Å². The topological polar surface area (TPSA) is 43.4 Å². The molecule has 0 radical (unpaired) electrons. The molecular weight excluding hydrogens is 264 g/mol. The Kier molecular flexibility index (Phi) is 2.35. The van der Waals surface area contributed by atoms with Crippen LogP contribution in [0.5, 0.6) is 0 Å². The average molecular weight is 282 g/mol. The van der Waals surface area contributed by atoms with E-state index in [1.54, 1.807) is 0 Å². The van der Waals surface area contributed by atoms with E-state index in [-0.39, 0.29) is 23.8 Å². The molecule has 108 valence electrons. The van der Waals surface area contributed by atoms with Crippen molar-refractivity contribution >= 4 is 11.9 Å². The predicted octanol–water partition coefficient (Wildman–Crippen LogP) is 2.78. The summed E-state index contributed by atoms with van der Waals surface area (Å²) >= 11 is 0. The Hall–Kier alpha value is -1.90. The maximum Gasteiger partial charge on any atom is 0.326 e. The van der Waals surface area contributed by atoms with Crippen LogP contribution >= 0.6 is 0 Å². The average Bonchev–Trinajstić information content (AvgIpc) is 2.74. The number of aryl methyl sites for hydroxylation is 1. The van der Waals surface area contributed by atoms with Crippen LogP contribution in [0.1, 0.15) is 31.4 Å². The molecule has 0 unspecified atom stereocenters. The molecule has 4 rings (SSSR count). The summed E-state index contributed by atoms with van der Waals surface area (Å²) in [5.74, 6) is -0.704. The van der Waals surface area contributed by atoms with Gasteiger partial charge in [0, 0.05) is 0 Å². The number of esters is 2. The Bertz CT molecular complexity index is 689. The molecule has 21 heavy (non-hydrogen) atoms. The van der Waals surface area contributed by atoms with Crippen LogP contribution < -0.4 is 0 Å². The Labute approximate surface area is 124 Å². The molecule has 0 bridgehead atoms. The number of hydrogen-bond acceptors (Lipinski definition) is 3. The maximum atomic E-state index is 12.8. The van der Waals surface area contributed by atoms with E-state index in [1.165, 1.54) is 5.56 Å². The fourth-order valence-corrected chi connectivity index (χ4v) is 4.96. The van der Waals surface area contributed by atoms with Crippen LogP contribution in [0, 0.1) is 17.3 Å². The Balaban J connectivity index is 2.12. The summed E-state index contributed by atoms with van der Waals surface area (Å²) < 4.78 is 5.22. The third kappa shape index (κ3) is 1.18. The van der Waals surface area contributed by atoms with Gasteiger partial charge in [0.15, 0.2) is 0 Å². The highest BCUT2D eigenvalue weighted by Gasteiger charge is 2.74. The van der Waals surface area contributed by atoms with Crippen LogP contribution in [0.25, 0.3) is 0 Å². The Morgan fingerprint density at radius 2 is 1.76 bits per heavy atom. The van der Waals surface area contributed by atoms with Crippen LogP contribution in [0.15, 0.2) is 36.4 Å². The minimum atomic E-state index is -0.840. The van der Waals surface area contributed by atoms with Gasteiger partial charge < -0.3 is 4.74 Å². The van der Waals surface area contributed by atoms with Crippen molar-refractivity contribution in [2.24, 2.45) is 17.3 Å². The van der Waals surface area contributed by atoms with E-state index >= 15 is 0 Å². The summed E-state index contributed by atoms with van der Waals surface area (Å²) in [6.07, 6.45) is 5.66. The van der Waals surface area contributed by atoms with Gasteiger partial charge in [0.05, 0.1) is 5.41 Å². The van der Waals surface area contributed by atoms with Gasteiger partial charge in [-0.15, -0.1) is 0 Å². The summed E-state index contributed by atoms with van der Waals surface area (Å²) in [5.41, 5.74) is 0.601. The van der Waals surface area contributed by atoms with E-state index in [0.717, 1.165) is 12.0 Å². The number of carbonyl (C=O) groups excluding carboxylic acids is 2. The first kappa shape index (κ1) is 12.8. The molecule has 1 aromatic carbocycles. The van der Waals surface area contributed by atoms with Gasteiger partial charge in [0.2, 0.25) is 0 Å². The summed E-state index contributed by atoms with van der Waals surface area (Å²) in [7, 11) is 0. The molecule has 0 spiro atoms. The third-order valence-electron chi connectivity index (χ3n) is 5.95. The molecule has 0 saturated carbocycles. The number of benzene rings is 1. The fraction of sp³-hybridized carbons (Fsp3) is 0.444. The Morgan fingerprint density at radius 1 is 1.05 bits per heavy atom.